The topological polar surface area (TPSA) is 50.4 Å². The Balaban J connectivity index is 2.13. The Kier molecular flexibility index (Phi) is 3.87. The Labute approximate surface area is 108 Å². The second-order valence-corrected chi connectivity index (χ2v) is 4.82. The number of methoxy groups -OCH3 is 1. The molecule has 0 aliphatic carbocycles. The smallest absolute Gasteiger partial charge is 0.228 e. The highest BCUT2D eigenvalue weighted by Gasteiger charge is 2.22. The molecule has 0 aromatic heterocycles. The van der Waals surface area contributed by atoms with Crippen LogP contribution in [0.3, 0.4) is 0 Å². The van der Waals surface area contributed by atoms with Crippen molar-refractivity contribution in [1.29, 1.82) is 0 Å². The summed E-state index contributed by atoms with van der Waals surface area (Å²) in [5.41, 5.74) is 2.94. The summed E-state index contributed by atoms with van der Waals surface area (Å²) in [6, 6.07) is 3.92. The number of aryl methyl sites for hydroxylation is 2. The van der Waals surface area contributed by atoms with Crippen molar-refractivity contribution in [3.8, 4) is 5.75 Å². The fourth-order valence-corrected chi connectivity index (χ4v) is 2.26. The molecule has 1 unspecified atom stereocenters. The quantitative estimate of drug-likeness (QED) is 0.858. The Hall–Kier alpha value is -1.55. The molecule has 1 saturated heterocycles. The van der Waals surface area contributed by atoms with E-state index in [0.717, 1.165) is 42.1 Å². The van der Waals surface area contributed by atoms with Crippen LogP contribution in [0.1, 0.15) is 17.5 Å². The van der Waals surface area contributed by atoms with Crippen LogP contribution in [0.2, 0.25) is 0 Å². The number of ether oxygens (including phenoxy) is 1. The van der Waals surface area contributed by atoms with E-state index in [0.29, 0.717) is 0 Å². The lowest BCUT2D eigenvalue weighted by Crippen LogP contribution is -2.25. The third kappa shape index (κ3) is 2.64. The average molecular weight is 248 g/mol. The minimum atomic E-state index is 0.0896. The van der Waals surface area contributed by atoms with Gasteiger partial charge in [-0.2, -0.15) is 0 Å². The normalized spacial score (nSPS) is 18.7. The van der Waals surface area contributed by atoms with Gasteiger partial charge in [0.2, 0.25) is 5.91 Å². The van der Waals surface area contributed by atoms with Gasteiger partial charge < -0.3 is 15.4 Å². The first-order chi connectivity index (χ1) is 8.61. The lowest BCUT2D eigenvalue weighted by Gasteiger charge is -2.14. The van der Waals surface area contributed by atoms with E-state index in [1.54, 1.807) is 7.11 Å². The molecular weight excluding hydrogens is 228 g/mol. The van der Waals surface area contributed by atoms with Gasteiger partial charge >= 0.3 is 0 Å². The zero-order valence-corrected chi connectivity index (χ0v) is 11.2. The summed E-state index contributed by atoms with van der Waals surface area (Å²) in [4.78, 5) is 12.1. The van der Waals surface area contributed by atoms with E-state index in [4.69, 9.17) is 4.74 Å². The Morgan fingerprint density at radius 3 is 2.78 bits per heavy atom. The van der Waals surface area contributed by atoms with E-state index < -0.39 is 0 Å². The number of carbonyl (C=O) groups excluding carboxylic acids is 1. The summed E-state index contributed by atoms with van der Waals surface area (Å²) in [6.07, 6.45) is 0.917. The fourth-order valence-electron chi connectivity index (χ4n) is 2.26. The molecule has 1 heterocycles. The minimum Gasteiger partial charge on any atom is -0.496 e. The van der Waals surface area contributed by atoms with Gasteiger partial charge in [0.25, 0.3) is 0 Å². The molecule has 0 saturated carbocycles. The lowest BCUT2D eigenvalue weighted by atomic mass is 10.1. The van der Waals surface area contributed by atoms with E-state index in [1.807, 2.05) is 26.0 Å². The number of amides is 1. The van der Waals surface area contributed by atoms with Gasteiger partial charge in [-0.1, -0.05) is 0 Å². The van der Waals surface area contributed by atoms with Crippen molar-refractivity contribution < 1.29 is 9.53 Å². The molecule has 18 heavy (non-hydrogen) atoms. The van der Waals surface area contributed by atoms with Crippen LogP contribution < -0.4 is 15.4 Å². The van der Waals surface area contributed by atoms with E-state index in [2.05, 4.69) is 10.6 Å². The van der Waals surface area contributed by atoms with Crippen LogP contribution >= 0.6 is 0 Å². The predicted octanol–water partition coefficient (Wildman–Crippen LogP) is 1.86. The van der Waals surface area contributed by atoms with Crippen LogP contribution in [0.25, 0.3) is 0 Å². The zero-order valence-electron chi connectivity index (χ0n) is 11.2. The molecule has 1 aliphatic heterocycles. The van der Waals surface area contributed by atoms with Crippen LogP contribution in [0.15, 0.2) is 12.1 Å². The van der Waals surface area contributed by atoms with Gasteiger partial charge in [-0.15, -0.1) is 0 Å². The van der Waals surface area contributed by atoms with Crippen molar-refractivity contribution in [2.24, 2.45) is 5.92 Å². The first-order valence-electron chi connectivity index (χ1n) is 6.28. The SMILES string of the molecule is COc1cc(C)c(NC(=O)C2CCNC2)cc1C. The third-order valence-electron chi connectivity index (χ3n) is 3.43. The molecule has 4 heteroatoms. The highest BCUT2D eigenvalue weighted by atomic mass is 16.5. The number of hydrogen-bond donors (Lipinski definition) is 2. The van der Waals surface area contributed by atoms with Crippen molar-refractivity contribution in [1.82, 2.24) is 5.32 Å². The number of nitrogens with one attached hydrogen (secondary N) is 2. The van der Waals surface area contributed by atoms with Gasteiger partial charge in [0.15, 0.2) is 0 Å². The molecule has 0 bridgehead atoms. The molecular formula is C14H20N2O2. The lowest BCUT2D eigenvalue weighted by molar-refractivity contribution is -0.119. The van der Waals surface area contributed by atoms with Crippen molar-refractivity contribution in [3.05, 3.63) is 23.3 Å². The summed E-state index contributed by atoms with van der Waals surface area (Å²) < 4.78 is 5.26. The number of rotatable bonds is 3. The molecule has 1 aromatic carbocycles. The van der Waals surface area contributed by atoms with Crippen LogP contribution in [0, 0.1) is 19.8 Å². The monoisotopic (exact) mass is 248 g/mol. The van der Waals surface area contributed by atoms with Gasteiger partial charge in [0, 0.05) is 12.2 Å². The van der Waals surface area contributed by atoms with Gasteiger partial charge in [-0.3, -0.25) is 4.79 Å². The van der Waals surface area contributed by atoms with Crippen LogP contribution in [0.4, 0.5) is 5.69 Å². The second-order valence-electron chi connectivity index (χ2n) is 4.82. The Bertz CT molecular complexity index is 451. The number of carbonyl (C=O) groups is 1. The van der Waals surface area contributed by atoms with Crippen molar-refractivity contribution in [2.45, 2.75) is 20.3 Å². The predicted molar refractivity (Wildman–Crippen MR) is 72.1 cm³/mol. The molecule has 98 valence electrons. The first kappa shape index (κ1) is 12.9. The fraction of sp³-hybridized carbons (Fsp3) is 0.500. The van der Waals surface area contributed by atoms with Gasteiger partial charge in [0.05, 0.1) is 13.0 Å². The highest BCUT2D eigenvalue weighted by Crippen LogP contribution is 2.26. The number of anilines is 1. The molecule has 1 aliphatic rings. The van der Waals surface area contributed by atoms with Crippen LogP contribution in [-0.4, -0.2) is 26.1 Å². The summed E-state index contributed by atoms with van der Waals surface area (Å²) in [7, 11) is 1.66. The molecule has 2 N–H and O–H groups in total. The Morgan fingerprint density at radius 2 is 2.17 bits per heavy atom. The largest absolute Gasteiger partial charge is 0.496 e. The molecule has 0 spiro atoms. The van der Waals surface area contributed by atoms with Crippen LogP contribution in [-0.2, 0) is 4.79 Å². The molecule has 4 nitrogen and oxygen atoms in total. The van der Waals surface area contributed by atoms with Crippen molar-refractivity contribution >= 4 is 11.6 Å². The molecule has 1 aromatic rings. The van der Waals surface area contributed by atoms with Gasteiger partial charge in [-0.05, 0) is 50.1 Å². The molecule has 0 radical (unpaired) electrons. The summed E-state index contributed by atoms with van der Waals surface area (Å²) in [6.45, 7) is 5.66. The van der Waals surface area contributed by atoms with E-state index >= 15 is 0 Å². The van der Waals surface area contributed by atoms with Gasteiger partial charge in [0.1, 0.15) is 5.75 Å². The molecule has 2 rings (SSSR count). The number of hydrogen-bond acceptors (Lipinski definition) is 3. The Morgan fingerprint density at radius 1 is 1.39 bits per heavy atom. The number of benzene rings is 1. The summed E-state index contributed by atoms with van der Waals surface area (Å²) >= 11 is 0. The van der Waals surface area contributed by atoms with Crippen LogP contribution in [0.5, 0.6) is 5.75 Å². The third-order valence-corrected chi connectivity index (χ3v) is 3.43. The highest BCUT2D eigenvalue weighted by molar-refractivity contribution is 5.93. The minimum absolute atomic E-state index is 0.0896. The van der Waals surface area contributed by atoms with Crippen molar-refractivity contribution in [3.63, 3.8) is 0 Å². The van der Waals surface area contributed by atoms with Gasteiger partial charge in [-0.25, -0.2) is 0 Å². The zero-order chi connectivity index (χ0) is 13.1. The molecule has 1 amide bonds. The summed E-state index contributed by atoms with van der Waals surface area (Å²) in [5, 5.41) is 6.21. The standard InChI is InChI=1S/C14H20N2O2/c1-9-7-13(18-3)10(2)6-12(9)16-14(17)11-4-5-15-8-11/h6-7,11,15H,4-5,8H2,1-3H3,(H,16,17). The van der Waals surface area contributed by atoms with E-state index in [9.17, 15) is 4.79 Å². The maximum Gasteiger partial charge on any atom is 0.228 e. The average Bonchev–Trinajstić information content (AvgIpc) is 2.87. The van der Waals surface area contributed by atoms with Crippen molar-refractivity contribution in [2.75, 3.05) is 25.5 Å². The maximum absolute atomic E-state index is 12.1. The molecule has 1 atom stereocenters. The van der Waals surface area contributed by atoms with E-state index in [-0.39, 0.29) is 11.8 Å². The summed E-state index contributed by atoms with van der Waals surface area (Å²) in [5.74, 6) is 1.05. The van der Waals surface area contributed by atoms with E-state index in [1.165, 1.54) is 0 Å². The molecule has 1 fully saturated rings. The second kappa shape index (κ2) is 5.40. The first-order valence-corrected chi connectivity index (χ1v) is 6.28. The maximum atomic E-state index is 12.1.